The van der Waals surface area contributed by atoms with Crippen LogP contribution in [0.5, 0.6) is 0 Å². The number of aromatic nitrogens is 4. The van der Waals surface area contributed by atoms with E-state index in [1.165, 1.54) is 12.4 Å². The molecule has 0 aliphatic carbocycles. The summed E-state index contributed by atoms with van der Waals surface area (Å²) in [5, 5.41) is 0. The third kappa shape index (κ3) is 2.17. The molecule has 1 saturated heterocycles. The fourth-order valence-electron chi connectivity index (χ4n) is 2.59. The molecule has 1 aliphatic rings. The third-order valence-electron chi connectivity index (χ3n) is 3.77. The topological polar surface area (TPSA) is 63.9 Å². The van der Waals surface area contributed by atoms with Crippen LogP contribution in [-0.4, -0.2) is 32.1 Å². The lowest BCUT2D eigenvalue weighted by atomic mass is 10.2. The molecule has 6 heteroatoms. The van der Waals surface area contributed by atoms with E-state index in [0.29, 0.717) is 17.4 Å². The van der Waals surface area contributed by atoms with Gasteiger partial charge < -0.3 is 4.90 Å². The molecule has 3 heterocycles. The summed E-state index contributed by atoms with van der Waals surface area (Å²) in [5.74, 6) is 0.719. The fraction of sp³-hybridized carbons (Fsp3) is 0.429. The van der Waals surface area contributed by atoms with Gasteiger partial charge in [0.05, 0.1) is 11.4 Å². The first-order valence-electron chi connectivity index (χ1n) is 6.78. The highest BCUT2D eigenvalue weighted by Gasteiger charge is 2.24. The Balaban J connectivity index is 2.11. The molecular weight excluding hydrogens is 254 g/mol. The second-order valence-electron chi connectivity index (χ2n) is 5.12. The average Bonchev–Trinajstić information content (AvgIpc) is 2.89. The maximum Gasteiger partial charge on any atom is 0.255 e. The van der Waals surface area contributed by atoms with Gasteiger partial charge in [0.25, 0.3) is 5.56 Å². The van der Waals surface area contributed by atoms with Crippen molar-refractivity contribution in [3.05, 3.63) is 35.0 Å². The van der Waals surface area contributed by atoms with Gasteiger partial charge in [-0.1, -0.05) is 0 Å². The number of hydrogen-bond donors (Lipinski definition) is 0. The summed E-state index contributed by atoms with van der Waals surface area (Å²) in [6.07, 6.45) is 5.38. The van der Waals surface area contributed by atoms with E-state index >= 15 is 0 Å². The molecular formula is C14H17N5O. The minimum absolute atomic E-state index is 0.0669. The molecule has 0 spiro atoms. The Hall–Kier alpha value is -2.24. The molecule has 0 aromatic carbocycles. The fourth-order valence-corrected chi connectivity index (χ4v) is 2.59. The largest absolute Gasteiger partial charge is 0.339 e. The van der Waals surface area contributed by atoms with Crippen molar-refractivity contribution < 1.29 is 0 Å². The lowest BCUT2D eigenvalue weighted by molar-refractivity contribution is 0.682. The minimum Gasteiger partial charge on any atom is -0.339 e. The summed E-state index contributed by atoms with van der Waals surface area (Å²) in [7, 11) is 1.76. The Morgan fingerprint density at radius 2 is 2.20 bits per heavy atom. The predicted octanol–water partition coefficient (Wildman–Crippen LogP) is 1.23. The summed E-state index contributed by atoms with van der Waals surface area (Å²) in [6.45, 7) is 3.10. The van der Waals surface area contributed by atoms with Crippen molar-refractivity contribution in [1.82, 2.24) is 19.5 Å². The van der Waals surface area contributed by atoms with E-state index in [9.17, 15) is 4.79 Å². The Morgan fingerprint density at radius 3 is 2.85 bits per heavy atom. The number of rotatable bonds is 2. The first kappa shape index (κ1) is 12.8. The van der Waals surface area contributed by atoms with Crippen LogP contribution >= 0.6 is 0 Å². The molecule has 6 nitrogen and oxygen atoms in total. The van der Waals surface area contributed by atoms with Crippen LogP contribution in [0.3, 0.4) is 0 Å². The summed E-state index contributed by atoms with van der Waals surface area (Å²) >= 11 is 0. The van der Waals surface area contributed by atoms with Gasteiger partial charge in [0, 0.05) is 31.9 Å². The van der Waals surface area contributed by atoms with Gasteiger partial charge in [-0.2, -0.15) is 0 Å². The Bertz CT molecular complexity index is 667. The Morgan fingerprint density at radius 1 is 1.35 bits per heavy atom. The highest BCUT2D eigenvalue weighted by Crippen LogP contribution is 2.24. The normalized spacial score (nSPS) is 18.5. The van der Waals surface area contributed by atoms with Gasteiger partial charge in [0.1, 0.15) is 6.33 Å². The highest BCUT2D eigenvalue weighted by molar-refractivity contribution is 5.55. The van der Waals surface area contributed by atoms with Crippen LogP contribution in [0.4, 0.5) is 5.95 Å². The SMILES string of the molecule is C[C@@H]1CCCN1c1nc(-c2ccncn2)cc(=O)n1C. The van der Waals surface area contributed by atoms with Crippen molar-refractivity contribution in [2.24, 2.45) is 7.05 Å². The van der Waals surface area contributed by atoms with Crippen molar-refractivity contribution in [1.29, 1.82) is 0 Å². The van der Waals surface area contributed by atoms with Gasteiger partial charge in [0.2, 0.25) is 5.95 Å². The predicted molar refractivity (Wildman–Crippen MR) is 76.5 cm³/mol. The molecule has 0 radical (unpaired) electrons. The van der Waals surface area contributed by atoms with Gasteiger partial charge in [0.15, 0.2) is 0 Å². The standard InChI is InChI=1S/C14H17N5O/c1-10-4-3-7-19(10)14-17-12(8-13(20)18(14)2)11-5-6-15-9-16-11/h5-6,8-10H,3-4,7H2,1-2H3/t10-/m1/s1. The van der Waals surface area contributed by atoms with Crippen LogP contribution in [0, 0.1) is 0 Å². The number of hydrogen-bond acceptors (Lipinski definition) is 5. The third-order valence-corrected chi connectivity index (χ3v) is 3.77. The molecule has 0 unspecified atom stereocenters. The summed E-state index contributed by atoms with van der Waals surface area (Å²) in [6, 6.07) is 3.69. The van der Waals surface area contributed by atoms with Crippen molar-refractivity contribution in [2.45, 2.75) is 25.8 Å². The first-order chi connectivity index (χ1) is 9.66. The van der Waals surface area contributed by atoms with Gasteiger partial charge in [-0.15, -0.1) is 0 Å². The second kappa shape index (κ2) is 5.03. The van der Waals surface area contributed by atoms with Crippen molar-refractivity contribution in [2.75, 3.05) is 11.4 Å². The summed E-state index contributed by atoms with van der Waals surface area (Å²) < 4.78 is 1.60. The quantitative estimate of drug-likeness (QED) is 0.822. The zero-order valence-electron chi connectivity index (χ0n) is 11.7. The molecule has 0 bridgehead atoms. The van der Waals surface area contributed by atoms with Crippen LogP contribution in [0.2, 0.25) is 0 Å². The molecule has 0 saturated carbocycles. The average molecular weight is 271 g/mol. The molecule has 2 aromatic rings. The molecule has 3 rings (SSSR count). The second-order valence-corrected chi connectivity index (χ2v) is 5.12. The molecule has 0 N–H and O–H groups in total. The molecule has 1 fully saturated rings. The van der Waals surface area contributed by atoms with E-state index in [1.54, 1.807) is 23.9 Å². The van der Waals surface area contributed by atoms with Crippen LogP contribution in [0.25, 0.3) is 11.4 Å². The Labute approximate surface area is 117 Å². The Kier molecular flexibility index (Phi) is 3.22. The van der Waals surface area contributed by atoms with Crippen LogP contribution < -0.4 is 10.5 Å². The zero-order chi connectivity index (χ0) is 14.1. The number of nitrogens with zero attached hydrogens (tertiary/aromatic N) is 5. The van der Waals surface area contributed by atoms with Crippen molar-refractivity contribution >= 4 is 5.95 Å². The van der Waals surface area contributed by atoms with Crippen LogP contribution in [-0.2, 0) is 7.05 Å². The smallest absolute Gasteiger partial charge is 0.255 e. The molecule has 104 valence electrons. The molecule has 1 aliphatic heterocycles. The first-order valence-corrected chi connectivity index (χ1v) is 6.78. The summed E-state index contributed by atoms with van der Waals surface area (Å²) in [4.78, 5) is 27.0. The lowest BCUT2D eigenvalue weighted by Gasteiger charge is -2.24. The van der Waals surface area contributed by atoms with Crippen molar-refractivity contribution in [3.8, 4) is 11.4 Å². The maximum absolute atomic E-state index is 12.2. The van der Waals surface area contributed by atoms with E-state index in [1.807, 2.05) is 0 Å². The van der Waals surface area contributed by atoms with E-state index in [0.717, 1.165) is 25.3 Å². The van der Waals surface area contributed by atoms with Crippen LogP contribution in [0.1, 0.15) is 19.8 Å². The van der Waals surface area contributed by atoms with Gasteiger partial charge >= 0.3 is 0 Å². The van der Waals surface area contributed by atoms with Gasteiger partial charge in [-0.05, 0) is 25.8 Å². The van der Waals surface area contributed by atoms with E-state index < -0.39 is 0 Å². The molecule has 2 aromatic heterocycles. The molecule has 0 amide bonds. The van der Waals surface area contributed by atoms with E-state index in [4.69, 9.17) is 0 Å². The minimum atomic E-state index is -0.0669. The highest BCUT2D eigenvalue weighted by atomic mass is 16.1. The maximum atomic E-state index is 12.2. The molecule has 1 atom stereocenters. The van der Waals surface area contributed by atoms with Gasteiger partial charge in [-0.3, -0.25) is 9.36 Å². The summed E-state index contributed by atoms with van der Waals surface area (Å²) in [5.41, 5.74) is 1.21. The van der Waals surface area contributed by atoms with Gasteiger partial charge in [-0.25, -0.2) is 15.0 Å². The number of anilines is 1. The zero-order valence-corrected chi connectivity index (χ0v) is 11.7. The molecule has 20 heavy (non-hydrogen) atoms. The van der Waals surface area contributed by atoms with E-state index in [2.05, 4.69) is 26.8 Å². The van der Waals surface area contributed by atoms with Crippen molar-refractivity contribution in [3.63, 3.8) is 0 Å². The monoisotopic (exact) mass is 271 g/mol. The van der Waals surface area contributed by atoms with Crippen LogP contribution in [0.15, 0.2) is 29.5 Å². The lowest BCUT2D eigenvalue weighted by Crippen LogP contribution is -2.33. The van der Waals surface area contributed by atoms with E-state index in [-0.39, 0.29) is 5.56 Å².